The lowest BCUT2D eigenvalue weighted by Gasteiger charge is -2.20. The number of hydrogen-bond acceptors (Lipinski definition) is 4. The van der Waals surface area contributed by atoms with Gasteiger partial charge in [0.25, 0.3) is 0 Å². The predicted molar refractivity (Wildman–Crippen MR) is 115 cm³/mol. The molecule has 0 aliphatic carbocycles. The van der Waals surface area contributed by atoms with Gasteiger partial charge in [-0.3, -0.25) is 4.79 Å². The van der Waals surface area contributed by atoms with Crippen molar-refractivity contribution in [1.29, 1.82) is 0 Å². The maximum atomic E-state index is 12.0. The second-order valence-corrected chi connectivity index (χ2v) is 7.21. The van der Waals surface area contributed by atoms with Crippen molar-refractivity contribution in [1.82, 2.24) is 4.57 Å². The fourth-order valence-electron chi connectivity index (χ4n) is 3.54. The van der Waals surface area contributed by atoms with Crippen LogP contribution in [0.25, 0.3) is 22.4 Å². The van der Waals surface area contributed by atoms with Crippen molar-refractivity contribution in [2.24, 2.45) is 0 Å². The van der Waals surface area contributed by atoms with Gasteiger partial charge in [-0.15, -0.1) is 0 Å². The van der Waals surface area contributed by atoms with E-state index < -0.39 is 0 Å². The van der Waals surface area contributed by atoms with Gasteiger partial charge in [0, 0.05) is 17.8 Å². The summed E-state index contributed by atoms with van der Waals surface area (Å²) in [7, 11) is 4.67. The number of ether oxygens (including phenoxy) is 3. The highest BCUT2D eigenvalue weighted by atomic mass is 16.5. The van der Waals surface area contributed by atoms with Gasteiger partial charge in [-0.1, -0.05) is 29.8 Å². The summed E-state index contributed by atoms with van der Waals surface area (Å²) in [5, 5.41) is 0. The molecular formula is C24H27NO4. The molecule has 29 heavy (non-hydrogen) atoms. The average Bonchev–Trinajstić information content (AvgIpc) is 3.17. The lowest BCUT2D eigenvalue weighted by molar-refractivity contribution is 0.112. The van der Waals surface area contributed by atoms with E-state index in [1.54, 1.807) is 20.3 Å². The molecule has 0 saturated carbocycles. The van der Waals surface area contributed by atoms with E-state index in [-0.39, 0.29) is 6.04 Å². The molecule has 1 heterocycles. The zero-order valence-corrected chi connectivity index (χ0v) is 17.8. The van der Waals surface area contributed by atoms with E-state index in [1.165, 1.54) is 12.7 Å². The fourth-order valence-corrected chi connectivity index (χ4v) is 3.54. The SMILES string of the molecule is COc1cc(C=O)c(-c2cc(-c3ccc(C)cc3)cn2C(C)C)c(OC)c1OC. The first-order valence-electron chi connectivity index (χ1n) is 9.52. The molecule has 3 rings (SSSR count). The van der Waals surface area contributed by atoms with Crippen molar-refractivity contribution in [3.63, 3.8) is 0 Å². The number of carbonyl (C=O) groups is 1. The molecule has 5 nitrogen and oxygen atoms in total. The van der Waals surface area contributed by atoms with Crippen molar-refractivity contribution in [2.75, 3.05) is 21.3 Å². The third kappa shape index (κ3) is 3.73. The Bertz CT molecular complexity index is 1020. The summed E-state index contributed by atoms with van der Waals surface area (Å²) in [6, 6.07) is 12.3. The highest BCUT2D eigenvalue weighted by Crippen LogP contribution is 2.47. The number of carbonyl (C=O) groups excluding carboxylic acids is 1. The van der Waals surface area contributed by atoms with Crippen LogP contribution in [0.5, 0.6) is 17.2 Å². The topological polar surface area (TPSA) is 49.7 Å². The second kappa shape index (κ2) is 8.43. The Labute approximate surface area is 171 Å². The molecule has 0 saturated heterocycles. The minimum atomic E-state index is 0.182. The van der Waals surface area contributed by atoms with E-state index >= 15 is 0 Å². The van der Waals surface area contributed by atoms with Gasteiger partial charge in [-0.25, -0.2) is 0 Å². The van der Waals surface area contributed by atoms with Crippen LogP contribution in [-0.2, 0) is 0 Å². The molecule has 0 radical (unpaired) electrons. The normalized spacial score (nSPS) is 10.9. The second-order valence-electron chi connectivity index (χ2n) is 7.21. The van der Waals surface area contributed by atoms with E-state index in [0.717, 1.165) is 23.1 Å². The third-order valence-corrected chi connectivity index (χ3v) is 5.03. The zero-order chi connectivity index (χ0) is 21.1. The Morgan fingerprint density at radius 2 is 1.55 bits per heavy atom. The summed E-state index contributed by atoms with van der Waals surface area (Å²) in [6.45, 7) is 6.28. The smallest absolute Gasteiger partial charge is 0.204 e. The Balaban J connectivity index is 2.32. The third-order valence-electron chi connectivity index (χ3n) is 5.03. The van der Waals surface area contributed by atoms with Gasteiger partial charge >= 0.3 is 0 Å². The number of hydrogen-bond donors (Lipinski definition) is 0. The van der Waals surface area contributed by atoms with Crippen molar-refractivity contribution in [3.8, 4) is 39.6 Å². The summed E-state index contributed by atoms with van der Waals surface area (Å²) in [5.41, 5.74) is 5.45. The number of benzene rings is 2. The van der Waals surface area contributed by atoms with Gasteiger partial charge in [-0.05, 0) is 44.0 Å². The summed E-state index contributed by atoms with van der Waals surface area (Å²) >= 11 is 0. The van der Waals surface area contributed by atoms with Gasteiger partial charge in [0.1, 0.15) is 0 Å². The minimum absolute atomic E-state index is 0.182. The molecule has 0 unspecified atom stereocenters. The summed E-state index contributed by atoms with van der Waals surface area (Å²) in [5.74, 6) is 1.39. The first kappa shape index (κ1) is 20.5. The molecule has 0 fully saturated rings. The molecule has 0 aliphatic heterocycles. The first-order chi connectivity index (χ1) is 13.9. The molecule has 0 N–H and O–H groups in total. The summed E-state index contributed by atoms with van der Waals surface area (Å²) in [6.07, 6.45) is 2.93. The number of aldehydes is 1. The van der Waals surface area contributed by atoms with Crippen molar-refractivity contribution < 1.29 is 19.0 Å². The molecule has 3 aromatic rings. The monoisotopic (exact) mass is 393 g/mol. The van der Waals surface area contributed by atoms with E-state index in [0.29, 0.717) is 28.4 Å². The Hall–Kier alpha value is -3.21. The maximum absolute atomic E-state index is 12.0. The van der Waals surface area contributed by atoms with Crippen molar-refractivity contribution >= 4 is 6.29 Å². The minimum Gasteiger partial charge on any atom is -0.493 e. The van der Waals surface area contributed by atoms with Gasteiger partial charge in [0.2, 0.25) is 5.75 Å². The lowest BCUT2D eigenvalue weighted by Crippen LogP contribution is -2.05. The van der Waals surface area contributed by atoms with Crippen LogP contribution in [0.2, 0.25) is 0 Å². The number of nitrogens with zero attached hydrogens (tertiary/aromatic N) is 1. The van der Waals surface area contributed by atoms with Gasteiger partial charge in [-0.2, -0.15) is 0 Å². The Kier molecular flexibility index (Phi) is 5.97. The van der Waals surface area contributed by atoms with Crippen LogP contribution >= 0.6 is 0 Å². The predicted octanol–water partition coefficient (Wildman–Crippen LogP) is 5.55. The molecule has 0 amide bonds. The van der Waals surface area contributed by atoms with E-state index in [4.69, 9.17) is 14.2 Å². The van der Waals surface area contributed by atoms with Gasteiger partial charge < -0.3 is 18.8 Å². The largest absolute Gasteiger partial charge is 0.493 e. The quantitative estimate of drug-likeness (QED) is 0.494. The Morgan fingerprint density at radius 1 is 0.897 bits per heavy atom. The molecule has 0 aliphatic rings. The molecule has 0 bridgehead atoms. The maximum Gasteiger partial charge on any atom is 0.204 e. The standard InChI is InChI=1S/C24H27NO4/c1-15(2)25-13-18(17-9-7-16(3)8-10-17)11-20(25)22-19(14-26)12-21(27-4)23(28-5)24(22)29-6/h7-15H,1-6H3. The summed E-state index contributed by atoms with van der Waals surface area (Å²) < 4.78 is 18.8. The van der Waals surface area contributed by atoms with Crippen LogP contribution < -0.4 is 14.2 Å². The molecule has 5 heteroatoms. The molecule has 0 atom stereocenters. The van der Waals surface area contributed by atoms with Crippen LogP contribution in [0.3, 0.4) is 0 Å². The van der Waals surface area contributed by atoms with Crippen molar-refractivity contribution in [3.05, 3.63) is 53.7 Å². The lowest BCUT2D eigenvalue weighted by atomic mass is 10.0. The highest BCUT2D eigenvalue weighted by Gasteiger charge is 2.25. The van der Waals surface area contributed by atoms with Crippen LogP contribution in [0, 0.1) is 6.92 Å². The van der Waals surface area contributed by atoms with E-state index in [9.17, 15) is 4.79 Å². The molecule has 2 aromatic carbocycles. The van der Waals surface area contributed by atoms with E-state index in [1.807, 2.05) is 0 Å². The van der Waals surface area contributed by atoms with Gasteiger partial charge in [0.05, 0.1) is 32.6 Å². The Morgan fingerprint density at radius 3 is 2.07 bits per heavy atom. The molecular weight excluding hydrogens is 366 g/mol. The van der Waals surface area contributed by atoms with Crippen LogP contribution in [0.15, 0.2) is 42.6 Å². The fraction of sp³-hybridized carbons (Fsp3) is 0.292. The molecule has 0 spiro atoms. The highest BCUT2D eigenvalue weighted by molar-refractivity contribution is 5.93. The molecule has 152 valence electrons. The average molecular weight is 393 g/mol. The number of rotatable bonds is 7. The van der Waals surface area contributed by atoms with Gasteiger partial charge in [0.15, 0.2) is 17.8 Å². The van der Waals surface area contributed by atoms with Crippen LogP contribution in [0.4, 0.5) is 0 Å². The number of aromatic nitrogens is 1. The number of methoxy groups -OCH3 is 3. The van der Waals surface area contributed by atoms with Crippen molar-refractivity contribution in [2.45, 2.75) is 26.8 Å². The van der Waals surface area contributed by atoms with E-state index in [2.05, 4.69) is 61.9 Å². The number of aryl methyl sites for hydroxylation is 1. The van der Waals surface area contributed by atoms with Crippen LogP contribution in [-0.4, -0.2) is 32.2 Å². The van der Waals surface area contributed by atoms with Crippen LogP contribution in [0.1, 0.15) is 35.8 Å². The first-order valence-corrected chi connectivity index (χ1v) is 9.52. The summed E-state index contributed by atoms with van der Waals surface area (Å²) in [4.78, 5) is 12.0. The zero-order valence-electron chi connectivity index (χ0n) is 17.8. The molecule has 1 aromatic heterocycles.